The lowest BCUT2D eigenvalue weighted by Crippen LogP contribution is -2.52. The van der Waals surface area contributed by atoms with Crippen molar-refractivity contribution in [2.24, 2.45) is 0 Å². The van der Waals surface area contributed by atoms with Gasteiger partial charge in [-0.1, -0.05) is 78.1 Å². The molecule has 1 N–H and O–H groups in total. The van der Waals surface area contributed by atoms with Crippen LogP contribution < -0.4 is 5.32 Å². The lowest BCUT2D eigenvalue weighted by Gasteiger charge is -2.33. The largest absolute Gasteiger partial charge is 0.352 e. The van der Waals surface area contributed by atoms with Crippen molar-refractivity contribution in [3.05, 3.63) is 99.0 Å². The van der Waals surface area contributed by atoms with E-state index in [1.807, 2.05) is 68.4 Å². The van der Waals surface area contributed by atoms with Crippen molar-refractivity contribution in [1.82, 2.24) is 10.2 Å². The summed E-state index contributed by atoms with van der Waals surface area (Å²) in [5.41, 5.74) is 1.59. The zero-order chi connectivity index (χ0) is 26.8. The van der Waals surface area contributed by atoms with Gasteiger partial charge >= 0.3 is 0 Å². The summed E-state index contributed by atoms with van der Waals surface area (Å²) in [6, 6.07) is 21.7. The smallest absolute Gasteiger partial charge is 0.243 e. The Morgan fingerprint density at radius 1 is 0.919 bits per heavy atom. The van der Waals surface area contributed by atoms with Gasteiger partial charge in [0.05, 0.1) is 0 Å². The highest BCUT2D eigenvalue weighted by molar-refractivity contribution is 7.99. The van der Waals surface area contributed by atoms with E-state index in [0.29, 0.717) is 32.8 Å². The molecular weight excluding hydrogens is 547 g/mol. The van der Waals surface area contributed by atoms with Crippen molar-refractivity contribution in [2.45, 2.75) is 56.6 Å². The van der Waals surface area contributed by atoms with E-state index in [2.05, 4.69) is 5.32 Å². The number of carbonyl (C=O) groups excluding carboxylic acids is 2. The van der Waals surface area contributed by atoms with Crippen molar-refractivity contribution in [2.75, 3.05) is 5.75 Å². The first kappa shape index (κ1) is 29.4. The topological polar surface area (TPSA) is 49.4 Å². The fourth-order valence-corrected chi connectivity index (χ4v) is 5.26. The van der Waals surface area contributed by atoms with Crippen molar-refractivity contribution in [1.29, 1.82) is 0 Å². The Hall–Kier alpha value is -2.18. The first-order chi connectivity index (χ1) is 17.8. The van der Waals surface area contributed by atoms with Gasteiger partial charge in [0.1, 0.15) is 6.04 Å². The van der Waals surface area contributed by atoms with Gasteiger partial charge in [-0.2, -0.15) is 0 Å². The number of nitrogens with zero attached hydrogens (tertiary/aromatic N) is 1. The number of hydrogen-bond donors (Lipinski definition) is 1. The SMILES string of the molecule is CCC(C)NC(=O)C(Cc1ccccc1)N(Cc1c(Cl)cccc1Cl)C(=O)CCSc1ccc(Cl)cc1. The van der Waals surface area contributed by atoms with Gasteiger partial charge in [-0.15, -0.1) is 11.8 Å². The second kappa shape index (κ2) is 14.7. The number of nitrogens with one attached hydrogen (secondary N) is 1. The van der Waals surface area contributed by atoms with Gasteiger partial charge in [-0.25, -0.2) is 0 Å². The summed E-state index contributed by atoms with van der Waals surface area (Å²) < 4.78 is 0. The van der Waals surface area contributed by atoms with Crippen LogP contribution in [0.5, 0.6) is 0 Å². The molecule has 0 saturated carbocycles. The summed E-state index contributed by atoms with van der Waals surface area (Å²) in [5.74, 6) is 0.218. The van der Waals surface area contributed by atoms with Crippen LogP contribution in [0.4, 0.5) is 0 Å². The molecule has 0 aromatic heterocycles. The maximum absolute atomic E-state index is 13.7. The number of thioether (sulfide) groups is 1. The zero-order valence-electron chi connectivity index (χ0n) is 20.9. The molecule has 2 unspecified atom stereocenters. The highest BCUT2D eigenvalue weighted by atomic mass is 35.5. The molecule has 3 rings (SSSR count). The van der Waals surface area contributed by atoms with Crippen LogP contribution in [0.2, 0.25) is 15.1 Å². The maximum Gasteiger partial charge on any atom is 0.243 e. The van der Waals surface area contributed by atoms with Gasteiger partial charge in [-0.3, -0.25) is 9.59 Å². The van der Waals surface area contributed by atoms with Crippen molar-refractivity contribution < 1.29 is 9.59 Å². The molecule has 2 atom stereocenters. The van der Waals surface area contributed by atoms with Gasteiger partial charge < -0.3 is 10.2 Å². The van der Waals surface area contributed by atoms with Crippen LogP contribution in [0.15, 0.2) is 77.7 Å². The number of rotatable bonds is 12. The molecule has 0 aliphatic carbocycles. The quantitative estimate of drug-likeness (QED) is 0.225. The molecule has 0 spiro atoms. The van der Waals surface area contributed by atoms with Crippen LogP contribution >= 0.6 is 46.6 Å². The number of halogens is 3. The number of amides is 2. The van der Waals surface area contributed by atoms with Crippen LogP contribution in [0.1, 0.15) is 37.8 Å². The van der Waals surface area contributed by atoms with E-state index in [9.17, 15) is 9.59 Å². The third-order valence-electron chi connectivity index (χ3n) is 6.06. The predicted octanol–water partition coefficient (Wildman–Crippen LogP) is 7.68. The summed E-state index contributed by atoms with van der Waals surface area (Å²) in [7, 11) is 0. The molecule has 2 amide bonds. The number of hydrogen-bond acceptors (Lipinski definition) is 3. The first-order valence-corrected chi connectivity index (χ1v) is 14.4. The van der Waals surface area contributed by atoms with Gasteiger partial charge in [-0.05, 0) is 55.3 Å². The Morgan fingerprint density at radius 2 is 1.57 bits per heavy atom. The molecule has 0 aliphatic rings. The van der Waals surface area contributed by atoms with E-state index >= 15 is 0 Å². The molecule has 0 heterocycles. The minimum Gasteiger partial charge on any atom is -0.352 e. The molecule has 0 radical (unpaired) electrons. The Balaban J connectivity index is 1.90. The molecule has 0 fully saturated rings. The Kier molecular flexibility index (Phi) is 11.7. The molecule has 0 bridgehead atoms. The minimum absolute atomic E-state index is 0.0212. The van der Waals surface area contributed by atoms with Crippen molar-refractivity contribution in [3.63, 3.8) is 0 Å². The van der Waals surface area contributed by atoms with E-state index in [-0.39, 0.29) is 30.8 Å². The van der Waals surface area contributed by atoms with Gasteiger partial charge in [0.15, 0.2) is 0 Å². The van der Waals surface area contributed by atoms with Crippen molar-refractivity contribution in [3.8, 4) is 0 Å². The first-order valence-electron chi connectivity index (χ1n) is 12.2. The highest BCUT2D eigenvalue weighted by Gasteiger charge is 2.31. The fourth-order valence-electron chi connectivity index (χ4n) is 3.78. The van der Waals surface area contributed by atoms with Crippen LogP contribution in [0.3, 0.4) is 0 Å². The van der Waals surface area contributed by atoms with E-state index in [0.717, 1.165) is 16.9 Å². The summed E-state index contributed by atoms with van der Waals surface area (Å²) in [6.45, 7) is 4.10. The van der Waals surface area contributed by atoms with Gasteiger partial charge in [0, 0.05) is 56.7 Å². The molecule has 37 heavy (non-hydrogen) atoms. The molecule has 3 aromatic carbocycles. The summed E-state index contributed by atoms with van der Waals surface area (Å²) in [6.07, 6.45) is 1.41. The van der Waals surface area contributed by atoms with E-state index in [1.165, 1.54) is 0 Å². The molecule has 0 aliphatic heterocycles. The fraction of sp³-hybridized carbons (Fsp3) is 0.310. The van der Waals surface area contributed by atoms with E-state index < -0.39 is 6.04 Å². The minimum atomic E-state index is -0.725. The lowest BCUT2D eigenvalue weighted by atomic mass is 10.0. The Morgan fingerprint density at radius 3 is 2.19 bits per heavy atom. The van der Waals surface area contributed by atoms with Crippen LogP contribution in [-0.4, -0.2) is 34.6 Å². The molecule has 196 valence electrons. The van der Waals surface area contributed by atoms with Crippen molar-refractivity contribution >= 4 is 58.4 Å². The van der Waals surface area contributed by atoms with Gasteiger partial charge in [0.25, 0.3) is 0 Å². The van der Waals surface area contributed by atoms with Crippen LogP contribution in [0.25, 0.3) is 0 Å². The number of benzene rings is 3. The monoisotopic (exact) mass is 576 g/mol. The molecule has 3 aromatic rings. The Bertz CT molecular complexity index is 1160. The molecule has 4 nitrogen and oxygen atoms in total. The zero-order valence-corrected chi connectivity index (χ0v) is 24.0. The summed E-state index contributed by atoms with van der Waals surface area (Å²) in [5, 5.41) is 4.66. The average Bonchev–Trinajstić information content (AvgIpc) is 2.89. The molecular formula is C29H31Cl3N2O2S. The number of carbonyl (C=O) groups is 2. The standard InChI is InChI=1S/C29H31Cl3N2O2S/c1-3-20(2)33-29(36)27(18-21-8-5-4-6-9-21)34(19-24-25(31)10-7-11-26(24)32)28(35)16-17-37-23-14-12-22(30)13-15-23/h4-15,20,27H,3,16-19H2,1-2H3,(H,33,36). The molecule has 8 heteroatoms. The normalized spacial score (nSPS) is 12.6. The third kappa shape index (κ3) is 8.96. The van der Waals surface area contributed by atoms with Crippen LogP contribution in [0, 0.1) is 0 Å². The molecule has 0 saturated heterocycles. The van der Waals surface area contributed by atoms with E-state index in [4.69, 9.17) is 34.8 Å². The highest BCUT2D eigenvalue weighted by Crippen LogP contribution is 2.28. The second-order valence-electron chi connectivity index (χ2n) is 8.80. The second-order valence-corrected chi connectivity index (χ2v) is 11.2. The third-order valence-corrected chi connectivity index (χ3v) is 8.03. The predicted molar refractivity (Wildman–Crippen MR) is 156 cm³/mol. The summed E-state index contributed by atoms with van der Waals surface area (Å²) >= 11 is 20.5. The van der Waals surface area contributed by atoms with E-state index in [1.54, 1.807) is 34.9 Å². The Labute approximate surface area is 238 Å². The average molecular weight is 578 g/mol. The summed E-state index contributed by atoms with van der Waals surface area (Å²) in [4.78, 5) is 29.9. The lowest BCUT2D eigenvalue weighted by molar-refractivity contribution is -0.141. The van der Waals surface area contributed by atoms with Crippen LogP contribution in [-0.2, 0) is 22.6 Å². The maximum atomic E-state index is 13.7. The van der Waals surface area contributed by atoms with Gasteiger partial charge in [0.2, 0.25) is 11.8 Å².